The Hall–Kier alpha value is -0.320. The summed E-state index contributed by atoms with van der Waals surface area (Å²) in [7, 11) is 0. The summed E-state index contributed by atoms with van der Waals surface area (Å²) in [5, 5.41) is 1.20. The zero-order chi connectivity index (χ0) is 13.8. The lowest BCUT2D eigenvalue weighted by Gasteiger charge is -2.44. The van der Waals surface area contributed by atoms with Gasteiger partial charge < -0.3 is 4.90 Å². The number of rotatable bonds is 6. The number of aromatic nitrogens is 2. The molecule has 3 fully saturated rings. The molecule has 4 heterocycles. The summed E-state index contributed by atoms with van der Waals surface area (Å²) < 4.78 is 0. The molecule has 1 atom stereocenters. The van der Waals surface area contributed by atoms with Crippen LogP contribution in [-0.4, -0.2) is 40.3 Å². The summed E-state index contributed by atoms with van der Waals surface area (Å²) in [6.07, 6.45) is 10.3. The van der Waals surface area contributed by atoms with Crippen molar-refractivity contribution in [2.45, 2.75) is 50.0 Å². The highest BCUT2D eigenvalue weighted by molar-refractivity contribution is 7.99. The van der Waals surface area contributed by atoms with Crippen LogP contribution in [0.3, 0.4) is 0 Å². The molecule has 5 heteroatoms. The molecule has 3 nitrogen and oxygen atoms in total. The minimum absolute atomic E-state index is 0. The van der Waals surface area contributed by atoms with E-state index in [0.29, 0.717) is 5.92 Å². The van der Waals surface area contributed by atoms with E-state index < -0.39 is 0 Å². The first-order valence-electron chi connectivity index (χ1n) is 8.04. The van der Waals surface area contributed by atoms with E-state index in [2.05, 4.69) is 16.8 Å². The minimum Gasteiger partial charge on any atom is -0.303 e. The molecule has 1 unspecified atom stereocenters. The van der Waals surface area contributed by atoms with Gasteiger partial charge in [0.15, 0.2) is 0 Å². The molecule has 4 rings (SSSR count). The fourth-order valence-corrected chi connectivity index (χ4v) is 4.53. The molecule has 0 aromatic carbocycles. The van der Waals surface area contributed by atoms with Crippen LogP contribution in [0.25, 0.3) is 0 Å². The van der Waals surface area contributed by atoms with E-state index in [9.17, 15) is 0 Å². The zero-order valence-electron chi connectivity index (χ0n) is 12.8. The van der Waals surface area contributed by atoms with Gasteiger partial charge >= 0.3 is 0 Å². The van der Waals surface area contributed by atoms with Gasteiger partial charge in [-0.25, -0.2) is 4.98 Å². The van der Waals surface area contributed by atoms with Crippen LogP contribution in [0.2, 0.25) is 0 Å². The second-order valence-corrected chi connectivity index (χ2v) is 7.13. The van der Waals surface area contributed by atoms with Crippen LogP contribution in [0, 0.1) is 5.92 Å². The molecule has 3 saturated heterocycles. The maximum absolute atomic E-state index is 4.71. The Morgan fingerprint density at radius 1 is 1.19 bits per heavy atom. The van der Waals surface area contributed by atoms with Crippen LogP contribution < -0.4 is 0 Å². The molecule has 0 amide bonds. The average molecular weight is 328 g/mol. The molecule has 118 valence electrons. The second-order valence-electron chi connectivity index (χ2n) is 6.05. The van der Waals surface area contributed by atoms with Crippen molar-refractivity contribution in [2.24, 2.45) is 5.92 Å². The third kappa shape index (κ3) is 4.11. The van der Waals surface area contributed by atoms with Crippen molar-refractivity contribution in [2.75, 3.05) is 25.4 Å². The maximum Gasteiger partial charge on any atom is 0.118 e. The Morgan fingerprint density at radius 2 is 1.95 bits per heavy atom. The van der Waals surface area contributed by atoms with Gasteiger partial charge in [0.2, 0.25) is 0 Å². The van der Waals surface area contributed by atoms with Gasteiger partial charge in [0.05, 0.1) is 5.69 Å². The summed E-state index contributed by atoms with van der Waals surface area (Å²) >= 11 is 1.92. The summed E-state index contributed by atoms with van der Waals surface area (Å²) in [6, 6.07) is 0. The number of hydrogen-bond acceptors (Lipinski definition) is 4. The molecular weight excluding hydrogens is 302 g/mol. The number of piperidine rings is 3. The normalized spacial score (nSPS) is 27.4. The molecule has 1 aromatic heterocycles. The first-order chi connectivity index (χ1) is 9.88. The van der Waals surface area contributed by atoms with Gasteiger partial charge in [0.25, 0.3) is 0 Å². The molecular formula is C16H26ClN3S. The Bertz CT molecular complexity index is 435. The highest BCUT2D eigenvalue weighted by Gasteiger charge is 2.36. The lowest BCUT2D eigenvalue weighted by molar-refractivity contribution is 0.0840. The first kappa shape index (κ1) is 17.0. The maximum atomic E-state index is 4.71. The van der Waals surface area contributed by atoms with Crippen molar-refractivity contribution >= 4 is 24.2 Å². The molecule has 1 aromatic rings. The average Bonchev–Trinajstić information content (AvgIpc) is 2.53. The second kappa shape index (κ2) is 8.35. The molecule has 0 spiro atoms. The predicted molar refractivity (Wildman–Crippen MR) is 91.4 cm³/mol. The molecule has 21 heavy (non-hydrogen) atoms. The predicted octanol–water partition coefficient (Wildman–Crippen LogP) is 3.99. The quantitative estimate of drug-likeness (QED) is 0.583. The van der Waals surface area contributed by atoms with Gasteiger partial charge in [-0.15, -0.1) is 24.2 Å². The van der Waals surface area contributed by atoms with Crippen LogP contribution >= 0.6 is 24.2 Å². The van der Waals surface area contributed by atoms with Crippen molar-refractivity contribution in [1.82, 2.24) is 14.9 Å². The number of thioether (sulfide) groups is 1. The number of fused-ring (bicyclic) bond motifs is 3. The highest BCUT2D eigenvalue weighted by Crippen LogP contribution is 2.40. The van der Waals surface area contributed by atoms with Crippen LogP contribution in [0.4, 0.5) is 0 Å². The fraction of sp³-hybridized carbons (Fsp3) is 0.750. The van der Waals surface area contributed by atoms with Crippen molar-refractivity contribution in [1.29, 1.82) is 0 Å². The Kier molecular flexibility index (Phi) is 6.77. The van der Waals surface area contributed by atoms with E-state index in [4.69, 9.17) is 4.98 Å². The number of hydrogen-bond donors (Lipinski definition) is 0. The smallest absolute Gasteiger partial charge is 0.118 e. The van der Waals surface area contributed by atoms with E-state index in [1.165, 1.54) is 68.2 Å². The molecule has 0 radical (unpaired) electrons. The van der Waals surface area contributed by atoms with Crippen molar-refractivity contribution in [3.8, 4) is 0 Å². The largest absolute Gasteiger partial charge is 0.303 e. The van der Waals surface area contributed by atoms with E-state index in [1.54, 1.807) is 0 Å². The topological polar surface area (TPSA) is 29.0 Å². The van der Waals surface area contributed by atoms with Crippen LogP contribution in [-0.2, 0) is 0 Å². The molecule has 2 bridgehead atoms. The monoisotopic (exact) mass is 327 g/mol. The Balaban J connectivity index is 0.00000161. The first-order valence-corrected chi connectivity index (χ1v) is 9.03. The number of halogens is 1. The molecule has 3 aliphatic heterocycles. The summed E-state index contributed by atoms with van der Waals surface area (Å²) in [5.74, 6) is 2.65. The third-order valence-electron chi connectivity index (χ3n) is 4.69. The zero-order valence-corrected chi connectivity index (χ0v) is 14.5. The molecule has 0 N–H and O–H groups in total. The lowest BCUT2D eigenvalue weighted by Crippen LogP contribution is -2.46. The van der Waals surface area contributed by atoms with Crippen LogP contribution in [0.1, 0.15) is 50.6 Å². The molecule has 3 aliphatic rings. The van der Waals surface area contributed by atoms with Crippen molar-refractivity contribution in [3.63, 3.8) is 0 Å². The van der Waals surface area contributed by atoms with Crippen LogP contribution in [0.15, 0.2) is 17.4 Å². The standard InChI is InChI=1S/C16H25N3S.ClH/c1-2-3-4-11-20-16-15(17-7-8-18-16)14-12-19-9-5-13(14)6-10-19;/h7-8,13-14H,2-6,9-12H2,1H3;1H. The third-order valence-corrected chi connectivity index (χ3v) is 5.77. The van der Waals surface area contributed by atoms with Gasteiger partial charge in [-0.1, -0.05) is 19.8 Å². The summed E-state index contributed by atoms with van der Waals surface area (Å²) in [4.78, 5) is 11.9. The van der Waals surface area contributed by atoms with Gasteiger partial charge in [-0.3, -0.25) is 4.98 Å². The summed E-state index contributed by atoms with van der Waals surface area (Å²) in [6.45, 7) is 6.04. The van der Waals surface area contributed by atoms with Crippen molar-refractivity contribution in [3.05, 3.63) is 18.1 Å². The lowest BCUT2D eigenvalue weighted by atomic mass is 9.77. The summed E-state index contributed by atoms with van der Waals surface area (Å²) in [5.41, 5.74) is 1.28. The Morgan fingerprint density at radius 3 is 2.62 bits per heavy atom. The highest BCUT2D eigenvalue weighted by atomic mass is 35.5. The minimum atomic E-state index is 0. The fourth-order valence-electron chi connectivity index (χ4n) is 3.50. The van der Waals surface area contributed by atoms with Gasteiger partial charge in [-0.05, 0) is 44.0 Å². The van der Waals surface area contributed by atoms with E-state index in [-0.39, 0.29) is 12.4 Å². The van der Waals surface area contributed by atoms with E-state index >= 15 is 0 Å². The van der Waals surface area contributed by atoms with E-state index in [1.807, 2.05) is 24.2 Å². The van der Waals surface area contributed by atoms with Crippen molar-refractivity contribution < 1.29 is 0 Å². The van der Waals surface area contributed by atoms with Crippen LogP contribution in [0.5, 0.6) is 0 Å². The number of unbranched alkanes of at least 4 members (excludes halogenated alkanes) is 2. The van der Waals surface area contributed by atoms with Gasteiger partial charge in [0.1, 0.15) is 5.03 Å². The molecule has 0 saturated carbocycles. The van der Waals surface area contributed by atoms with Gasteiger partial charge in [-0.2, -0.15) is 0 Å². The number of nitrogens with zero attached hydrogens (tertiary/aromatic N) is 3. The van der Waals surface area contributed by atoms with E-state index in [0.717, 1.165) is 5.92 Å². The Labute approximate surface area is 138 Å². The van der Waals surface area contributed by atoms with Gasteiger partial charge in [0, 0.05) is 24.9 Å². The molecule has 0 aliphatic carbocycles. The SMILES string of the molecule is CCCCCSc1nccnc1C1CN2CCC1CC2.Cl.